The number of methoxy groups -OCH3 is 1. The minimum atomic E-state index is -4.06. The molecule has 7 nitrogen and oxygen atoms in total. The first-order valence-corrected chi connectivity index (χ1v) is 13.4. The summed E-state index contributed by atoms with van der Waals surface area (Å²) < 4.78 is 36.8. The van der Waals surface area contributed by atoms with Crippen LogP contribution in [0, 0.1) is 6.92 Å². The highest BCUT2D eigenvalue weighted by Crippen LogP contribution is 2.36. The molecule has 10 heteroatoms. The summed E-state index contributed by atoms with van der Waals surface area (Å²) in [7, 11) is -2.68. The second kappa shape index (κ2) is 10.3. The SMILES string of the molecule is COc1cc(/C=C2\SC(=O)N(Cc3ccc(Br)cc3)C2=O)ccc1OS(=O)(=O)c1ccc(C)cc1. The van der Waals surface area contributed by atoms with Crippen molar-refractivity contribution < 1.29 is 26.9 Å². The Kier molecular flexibility index (Phi) is 7.34. The molecular weight excluding hydrogens is 554 g/mol. The molecule has 1 aliphatic heterocycles. The van der Waals surface area contributed by atoms with Crippen LogP contribution in [-0.4, -0.2) is 31.6 Å². The summed E-state index contributed by atoms with van der Waals surface area (Å²) in [5.74, 6) is -0.221. The van der Waals surface area contributed by atoms with E-state index >= 15 is 0 Å². The number of nitrogens with zero attached hydrogens (tertiary/aromatic N) is 1. The molecule has 3 aromatic carbocycles. The van der Waals surface area contributed by atoms with Crippen LogP contribution in [0.3, 0.4) is 0 Å². The molecule has 35 heavy (non-hydrogen) atoms. The van der Waals surface area contributed by atoms with Gasteiger partial charge in [0.05, 0.1) is 18.6 Å². The molecule has 0 aliphatic carbocycles. The second-order valence-electron chi connectivity index (χ2n) is 7.66. The Balaban J connectivity index is 1.54. The fourth-order valence-corrected chi connectivity index (χ4v) is 5.32. The summed E-state index contributed by atoms with van der Waals surface area (Å²) >= 11 is 4.21. The minimum Gasteiger partial charge on any atom is -0.493 e. The first-order chi connectivity index (χ1) is 16.7. The number of carbonyl (C=O) groups is 2. The van der Waals surface area contributed by atoms with Gasteiger partial charge in [-0.3, -0.25) is 14.5 Å². The van der Waals surface area contributed by atoms with Crippen LogP contribution in [0.25, 0.3) is 6.08 Å². The number of ether oxygens (including phenoxy) is 1. The van der Waals surface area contributed by atoms with Gasteiger partial charge >= 0.3 is 10.1 Å². The molecule has 0 N–H and O–H groups in total. The fraction of sp³-hybridized carbons (Fsp3) is 0.120. The van der Waals surface area contributed by atoms with Crippen molar-refractivity contribution in [1.82, 2.24) is 4.90 Å². The number of amides is 2. The van der Waals surface area contributed by atoms with Crippen LogP contribution in [0.2, 0.25) is 0 Å². The molecule has 1 fully saturated rings. The lowest BCUT2D eigenvalue weighted by Gasteiger charge is -2.12. The van der Waals surface area contributed by atoms with Crippen molar-refractivity contribution in [2.24, 2.45) is 0 Å². The number of hydrogen-bond acceptors (Lipinski definition) is 7. The van der Waals surface area contributed by atoms with Gasteiger partial charge in [0, 0.05) is 4.47 Å². The quantitative estimate of drug-likeness (QED) is 0.262. The zero-order chi connectivity index (χ0) is 25.2. The molecule has 0 saturated carbocycles. The Morgan fingerprint density at radius 2 is 1.66 bits per heavy atom. The standard InChI is InChI=1S/C25H20BrNO6S2/c1-16-3-10-20(11-4-16)35(30,31)33-21-12-7-18(13-22(21)32-2)14-23-24(28)27(25(29)34-23)15-17-5-8-19(26)9-6-17/h3-14H,15H2,1-2H3/b23-14-. The maximum atomic E-state index is 12.9. The summed E-state index contributed by atoms with van der Waals surface area (Å²) in [4.78, 5) is 26.8. The van der Waals surface area contributed by atoms with E-state index in [0.717, 1.165) is 27.4 Å². The number of imide groups is 1. The highest BCUT2D eigenvalue weighted by molar-refractivity contribution is 9.10. The largest absolute Gasteiger partial charge is 0.493 e. The van der Waals surface area contributed by atoms with Crippen molar-refractivity contribution in [3.05, 3.63) is 92.8 Å². The summed E-state index contributed by atoms with van der Waals surface area (Å²) in [6.45, 7) is 2.02. The van der Waals surface area contributed by atoms with Crippen LogP contribution >= 0.6 is 27.7 Å². The Bertz CT molecular complexity index is 1420. The topological polar surface area (TPSA) is 90.0 Å². The molecule has 0 atom stereocenters. The van der Waals surface area contributed by atoms with E-state index in [9.17, 15) is 18.0 Å². The van der Waals surface area contributed by atoms with Gasteiger partial charge in [-0.05, 0) is 72.3 Å². The number of thioether (sulfide) groups is 1. The predicted octanol–water partition coefficient (Wildman–Crippen LogP) is 5.77. The summed E-state index contributed by atoms with van der Waals surface area (Å²) in [5, 5.41) is -0.361. The number of benzene rings is 3. The zero-order valence-corrected chi connectivity index (χ0v) is 21.9. The van der Waals surface area contributed by atoms with E-state index in [1.54, 1.807) is 30.3 Å². The van der Waals surface area contributed by atoms with Gasteiger partial charge in [0.25, 0.3) is 11.1 Å². The van der Waals surface area contributed by atoms with Crippen LogP contribution in [0.5, 0.6) is 11.5 Å². The van der Waals surface area contributed by atoms with E-state index in [2.05, 4.69) is 15.9 Å². The molecule has 1 aliphatic rings. The second-order valence-corrected chi connectivity index (χ2v) is 11.1. The lowest BCUT2D eigenvalue weighted by Crippen LogP contribution is -2.27. The van der Waals surface area contributed by atoms with Crippen molar-refractivity contribution in [2.45, 2.75) is 18.4 Å². The first kappa shape index (κ1) is 25.0. The smallest absolute Gasteiger partial charge is 0.339 e. The fourth-order valence-electron chi connectivity index (χ4n) is 3.27. The van der Waals surface area contributed by atoms with Crippen LogP contribution < -0.4 is 8.92 Å². The van der Waals surface area contributed by atoms with Gasteiger partial charge < -0.3 is 8.92 Å². The molecule has 3 aromatic rings. The lowest BCUT2D eigenvalue weighted by atomic mass is 10.1. The van der Waals surface area contributed by atoms with Gasteiger partial charge in [-0.15, -0.1) is 0 Å². The average molecular weight is 574 g/mol. The van der Waals surface area contributed by atoms with Crippen molar-refractivity contribution in [1.29, 1.82) is 0 Å². The van der Waals surface area contributed by atoms with Gasteiger partial charge in [-0.1, -0.05) is 51.8 Å². The summed E-state index contributed by atoms with van der Waals surface area (Å²) in [6.07, 6.45) is 1.56. The maximum absolute atomic E-state index is 12.9. The Hall–Kier alpha value is -3.08. The van der Waals surface area contributed by atoms with E-state index in [4.69, 9.17) is 8.92 Å². The Morgan fingerprint density at radius 3 is 2.31 bits per heavy atom. The molecule has 1 heterocycles. The van der Waals surface area contributed by atoms with Gasteiger partial charge in [0.15, 0.2) is 11.5 Å². The molecule has 2 amide bonds. The molecule has 4 rings (SSSR count). The normalized spacial score (nSPS) is 15.1. The van der Waals surface area contributed by atoms with Crippen LogP contribution in [0.4, 0.5) is 4.79 Å². The number of rotatable bonds is 7. The number of aryl methyl sites for hydroxylation is 1. The molecule has 0 spiro atoms. The summed E-state index contributed by atoms with van der Waals surface area (Å²) in [5.41, 5.74) is 2.30. The van der Waals surface area contributed by atoms with Crippen LogP contribution in [0.1, 0.15) is 16.7 Å². The maximum Gasteiger partial charge on any atom is 0.339 e. The average Bonchev–Trinajstić information content (AvgIpc) is 3.08. The van der Waals surface area contributed by atoms with E-state index in [1.165, 1.54) is 30.2 Å². The lowest BCUT2D eigenvalue weighted by molar-refractivity contribution is -0.123. The highest BCUT2D eigenvalue weighted by atomic mass is 79.9. The Morgan fingerprint density at radius 1 is 0.971 bits per heavy atom. The number of hydrogen-bond donors (Lipinski definition) is 0. The molecule has 0 aromatic heterocycles. The van der Waals surface area contributed by atoms with Crippen molar-refractivity contribution in [2.75, 3.05) is 7.11 Å². The molecule has 0 radical (unpaired) electrons. The van der Waals surface area contributed by atoms with E-state index in [1.807, 2.05) is 31.2 Å². The van der Waals surface area contributed by atoms with E-state index in [0.29, 0.717) is 5.56 Å². The number of carbonyl (C=O) groups excluding carboxylic acids is 2. The highest BCUT2D eigenvalue weighted by Gasteiger charge is 2.35. The van der Waals surface area contributed by atoms with Gasteiger partial charge in [0.2, 0.25) is 0 Å². The van der Waals surface area contributed by atoms with E-state index < -0.39 is 16.0 Å². The molecule has 0 bridgehead atoms. The molecule has 1 saturated heterocycles. The van der Waals surface area contributed by atoms with Crippen LogP contribution in [0.15, 0.2) is 81.0 Å². The summed E-state index contributed by atoms with van der Waals surface area (Å²) in [6, 6.07) is 18.2. The van der Waals surface area contributed by atoms with Crippen molar-refractivity contribution >= 4 is 55.0 Å². The predicted molar refractivity (Wildman–Crippen MR) is 138 cm³/mol. The molecule has 180 valence electrons. The third kappa shape index (κ3) is 5.77. The molecular formula is C25H20BrNO6S2. The van der Waals surface area contributed by atoms with Crippen molar-refractivity contribution in [3.8, 4) is 11.5 Å². The van der Waals surface area contributed by atoms with Crippen molar-refractivity contribution in [3.63, 3.8) is 0 Å². The minimum absolute atomic E-state index is 0.00793. The van der Waals surface area contributed by atoms with Crippen LogP contribution in [-0.2, 0) is 21.5 Å². The molecule has 0 unspecified atom stereocenters. The third-order valence-electron chi connectivity index (χ3n) is 5.12. The monoisotopic (exact) mass is 573 g/mol. The van der Waals surface area contributed by atoms with Gasteiger partial charge in [-0.25, -0.2) is 0 Å². The zero-order valence-electron chi connectivity index (χ0n) is 18.7. The number of halogens is 1. The third-order valence-corrected chi connectivity index (χ3v) is 7.81. The van der Waals surface area contributed by atoms with Gasteiger partial charge in [-0.2, -0.15) is 8.42 Å². The van der Waals surface area contributed by atoms with E-state index in [-0.39, 0.29) is 33.1 Å². The Labute approximate surface area is 216 Å². The van der Waals surface area contributed by atoms with Gasteiger partial charge in [0.1, 0.15) is 4.90 Å². The first-order valence-electron chi connectivity index (χ1n) is 10.4.